The largest absolute Gasteiger partial charge is 0.416 e. The molecule has 14 rings (SSSR count). The standard InChI is InChI=1S/C80H72BF3N6/c1-76(2,3)54-42-55(77(4,5)6)45-58(44-54)88-68-33-23-20-30-63(68)81-64-31-21-24-34-69(64)89(59-46-56(78(7,8)9)43-57(47-59)79(10,11)12)71-41-52(40-70(88)72(71)81)51-35-37-66-61(39-51)60-29-19-22-32-65(60)90(66)67-38-36-53(80(82,83)84)48-62(67)75-86-73(49-25-15-13-16-26-49)85-74(87-75)50-27-17-14-18-28-50/h13-48H,1-12H3. The lowest BCUT2D eigenvalue weighted by Crippen LogP contribution is -2.61. The Labute approximate surface area is 526 Å². The van der Waals surface area contributed by atoms with Crippen molar-refractivity contribution in [1.29, 1.82) is 0 Å². The second-order valence-corrected chi connectivity index (χ2v) is 28.5. The Kier molecular flexibility index (Phi) is 13.6. The Morgan fingerprint density at radius 3 is 1.23 bits per heavy atom. The van der Waals surface area contributed by atoms with Crippen LogP contribution in [0.25, 0.3) is 72.8 Å². The monoisotopic (exact) mass is 1180 g/mol. The summed E-state index contributed by atoms with van der Waals surface area (Å²) >= 11 is 0. The summed E-state index contributed by atoms with van der Waals surface area (Å²) < 4.78 is 47.4. The third kappa shape index (κ3) is 10.1. The molecule has 12 aromatic rings. The van der Waals surface area contributed by atoms with E-state index in [1.807, 2.05) is 78.9 Å². The van der Waals surface area contributed by atoms with E-state index in [9.17, 15) is 0 Å². The van der Waals surface area contributed by atoms with Gasteiger partial charge >= 0.3 is 6.18 Å². The molecule has 0 bridgehead atoms. The number of rotatable bonds is 7. The maximum atomic E-state index is 15.1. The van der Waals surface area contributed by atoms with Gasteiger partial charge in [-0.05, 0) is 156 Å². The van der Waals surface area contributed by atoms with Crippen LogP contribution in [0, 0.1) is 0 Å². The molecular weight excluding hydrogens is 1110 g/mol. The van der Waals surface area contributed by atoms with Crippen LogP contribution in [0.5, 0.6) is 0 Å². The Balaban J connectivity index is 1.05. The zero-order valence-corrected chi connectivity index (χ0v) is 53.2. The van der Waals surface area contributed by atoms with Gasteiger partial charge in [-0.15, -0.1) is 0 Å². The fourth-order valence-electron chi connectivity index (χ4n) is 13.3. The minimum absolute atomic E-state index is 0.0972. The van der Waals surface area contributed by atoms with Gasteiger partial charge in [0.1, 0.15) is 0 Å². The molecule has 0 saturated heterocycles. The molecule has 2 aromatic heterocycles. The molecule has 0 amide bonds. The van der Waals surface area contributed by atoms with E-state index in [0.717, 1.165) is 73.1 Å². The quantitative estimate of drug-likeness (QED) is 0.149. The SMILES string of the molecule is CC(C)(C)c1cc(N2c3ccccc3B3c4ccccc4N(c4cc(C(C)(C)C)cc(C(C)(C)C)c4)c4cc(-c5ccc6c(c5)c5ccccc5n6-c5ccc(C(F)(F)F)cc5-c5nc(-c6ccccc6)nc(-c6ccccc6)n5)cc2c43)cc(C(C)(C)C)c1. The van der Waals surface area contributed by atoms with E-state index in [-0.39, 0.29) is 39.8 Å². The number of benzene rings is 10. The number of alkyl halides is 3. The zero-order valence-electron chi connectivity index (χ0n) is 53.2. The van der Waals surface area contributed by atoms with Gasteiger partial charge in [-0.3, -0.25) is 0 Å². The molecule has 10 heteroatoms. The highest BCUT2D eigenvalue weighted by Crippen LogP contribution is 2.50. The average molecular weight is 1190 g/mol. The average Bonchev–Trinajstić information content (AvgIpc) is 0.748. The van der Waals surface area contributed by atoms with Gasteiger partial charge in [-0.25, -0.2) is 15.0 Å². The fourth-order valence-corrected chi connectivity index (χ4v) is 13.3. The first-order valence-electron chi connectivity index (χ1n) is 31.2. The fraction of sp³-hybridized carbons (Fsp3) is 0.212. The Morgan fingerprint density at radius 1 is 0.322 bits per heavy atom. The van der Waals surface area contributed by atoms with Crippen LogP contribution in [-0.2, 0) is 27.8 Å². The topological polar surface area (TPSA) is 50.1 Å². The molecule has 0 atom stereocenters. The van der Waals surface area contributed by atoms with Crippen molar-refractivity contribution in [1.82, 2.24) is 19.5 Å². The van der Waals surface area contributed by atoms with Crippen molar-refractivity contribution in [2.75, 3.05) is 9.80 Å². The number of anilines is 6. The third-order valence-electron chi connectivity index (χ3n) is 18.2. The van der Waals surface area contributed by atoms with Crippen LogP contribution in [-0.4, -0.2) is 26.2 Å². The first-order valence-corrected chi connectivity index (χ1v) is 31.2. The normalized spacial score (nSPS) is 13.4. The lowest BCUT2D eigenvalue weighted by molar-refractivity contribution is -0.137. The van der Waals surface area contributed by atoms with Crippen molar-refractivity contribution in [3.05, 3.63) is 246 Å². The molecule has 446 valence electrons. The molecule has 0 fully saturated rings. The number of aromatic nitrogens is 4. The summed E-state index contributed by atoms with van der Waals surface area (Å²) in [5, 5.41) is 1.88. The summed E-state index contributed by atoms with van der Waals surface area (Å²) in [6, 6.07) is 74.8. The summed E-state index contributed by atoms with van der Waals surface area (Å²) in [5.41, 5.74) is 19.8. The van der Waals surface area contributed by atoms with Crippen molar-refractivity contribution >= 4 is 79.0 Å². The van der Waals surface area contributed by atoms with Crippen molar-refractivity contribution in [2.24, 2.45) is 0 Å². The summed E-state index contributed by atoms with van der Waals surface area (Å²) in [4.78, 5) is 20.0. The maximum Gasteiger partial charge on any atom is 0.416 e. The van der Waals surface area contributed by atoms with E-state index in [0.29, 0.717) is 28.5 Å². The lowest BCUT2D eigenvalue weighted by Gasteiger charge is -2.45. The zero-order chi connectivity index (χ0) is 63.0. The van der Waals surface area contributed by atoms with Gasteiger partial charge in [0.2, 0.25) is 0 Å². The van der Waals surface area contributed by atoms with E-state index < -0.39 is 11.7 Å². The Morgan fingerprint density at radius 2 is 0.756 bits per heavy atom. The van der Waals surface area contributed by atoms with Crippen LogP contribution in [0.15, 0.2) is 218 Å². The van der Waals surface area contributed by atoms with Crippen LogP contribution >= 0.6 is 0 Å². The van der Waals surface area contributed by atoms with Crippen molar-refractivity contribution in [3.8, 4) is 51.0 Å². The van der Waals surface area contributed by atoms with Gasteiger partial charge in [-0.2, -0.15) is 13.2 Å². The summed E-state index contributed by atoms with van der Waals surface area (Å²) in [5.74, 6) is 0.819. The molecule has 6 nitrogen and oxygen atoms in total. The van der Waals surface area contributed by atoms with Crippen LogP contribution < -0.4 is 26.2 Å². The molecule has 0 N–H and O–H groups in total. The summed E-state index contributed by atoms with van der Waals surface area (Å²) in [6.45, 7) is 27.5. The van der Waals surface area contributed by atoms with Gasteiger partial charge in [0.25, 0.3) is 6.71 Å². The lowest BCUT2D eigenvalue weighted by atomic mass is 9.33. The van der Waals surface area contributed by atoms with E-state index in [1.165, 1.54) is 44.7 Å². The molecule has 0 radical (unpaired) electrons. The number of hydrogen-bond donors (Lipinski definition) is 0. The van der Waals surface area contributed by atoms with Crippen LogP contribution in [0.3, 0.4) is 0 Å². The minimum atomic E-state index is -4.65. The summed E-state index contributed by atoms with van der Waals surface area (Å²) in [6.07, 6.45) is -4.65. The second kappa shape index (κ2) is 21.0. The molecule has 0 spiro atoms. The molecule has 2 aliphatic heterocycles. The molecule has 0 aliphatic carbocycles. The number of nitrogens with zero attached hydrogens (tertiary/aromatic N) is 6. The summed E-state index contributed by atoms with van der Waals surface area (Å²) in [7, 11) is 0. The number of para-hydroxylation sites is 3. The predicted octanol–water partition coefficient (Wildman–Crippen LogP) is 19.9. The van der Waals surface area contributed by atoms with Gasteiger partial charge in [0.05, 0.1) is 22.3 Å². The predicted molar refractivity (Wildman–Crippen MR) is 370 cm³/mol. The first-order chi connectivity index (χ1) is 42.8. The molecule has 90 heavy (non-hydrogen) atoms. The third-order valence-corrected chi connectivity index (χ3v) is 18.2. The number of hydrogen-bond acceptors (Lipinski definition) is 5. The van der Waals surface area contributed by atoms with E-state index in [2.05, 4.69) is 219 Å². The van der Waals surface area contributed by atoms with Crippen molar-refractivity contribution in [2.45, 2.75) is 111 Å². The molecule has 2 aliphatic rings. The van der Waals surface area contributed by atoms with Gasteiger partial charge in [0.15, 0.2) is 17.5 Å². The highest BCUT2D eigenvalue weighted by atomic mass is 19.4. The first kappa shape index (κ1) is 58.2. The molecule has 0 saturated carbocycles. The van der Waals surface area contributed by atoms with Crippen LogP contribution in [0.4, 0.5) is 47.3 Å². The van der Waals surface area contributed by atoms with E-state index >= 15 is 13.2 Å². The van der Waals surface area contributed by atoms with Crippen molar-refractivity contribution < 1.29 is 13.2 Å². The number of fused-ring (bicyclic) bond motifs is 7. The van der Waals surface area contributed by atoms with Crippen LogP contribution in [0.2, 0.25) is 0 Å². The van der Waals surface area contributed by atoms with Crippen LogP contribution in [0.1, 0.15) is 111 Å². The molecule has 4 heterocycles. The molecule has 0 unspecified atom stereocenters. The van der Waals surface area contributed by atoms with E-state index in [4.69, 9.17) is 15.0 Å². The smallest absolute Gasteiger partial charge is 0.311 e. The van der Waals surface area contributed by atoms with Gasteiger partial charge in [0, 0.05) is 61.6 Å². The minimum Gasteiger partial charge on any atom is -0.311 e. The van der Waals surface area contributed by atoms with Crippen molar-refractivity contribution in [3.63, 3.8) is 0 Å². The highest BCUT2D eigenvalue weighted by molar-refractivity contribution is 7.00. The number of halogens is 3. The van der Waals surface area contributed by atoms with E-state index in [1.54, 1.807) is 6.07 Å². The molecule has 10 aromatic carbocycles. The highest BCUT2D eigenvalue weighted by Gasteiger charge is 2.44. The van der Waals surface area contributed by atoms with Gasteiger partial charge in [-0.1, -0.05) is 217 Å². The van der Waals surface area contributed by atoms with Gasteiger partial charge < -0.3 is 14.4 Å². The Hall–Kier alpha value is -9.54. The second-order valence-electron chi connectivity index (χ2n) is 28.5. The molecular formula is C80H72BF3N6. The Bertz CT molecular complexity index is 4560. The maximum absolute atomic E-state index is 15.1.